The third-order valence-corrected chi connectivity index (χ3v) is 8.73. The van der Waals surface area contributed by atoms with E-state index >= 15 is 4.39 Å². The number of fused-ring (bicyclic) bond motifs is 1. The maximum atomic E-state index is 15.7. The third-order valence-electron chi connectivity index (χ3n) is 6.34. The van der Waals surface area contributed by atoms with Gasteiger partial charge in [0.2, 0.25) is 0 Å². The van der Waals surface area contributed by atoms with Crippen molar-refractivity contribution in [2.75, 3.05) is 18.5 Å². The van der Waals surface area contributed by atoms with E-state index in [0.29, 0.717) is 41.0 Å². The zero-order valence-corrected chi connectivity index (χ0v) is 23.3. The van der Waals surface area contributed by atoms with E-state index in [9.17, 15) is 13.2 Å². The predicted molar refractivity (Wildman–Crippen MR) is 148 cm³/mol. The minimum absolute atomic E-state index is 0.00949. The Morgan fingerprint density at radius 1 is 1.08 bits per heavy atom. The van der Waals surface area contributed by atoms with Crippen molar-refractivity contribution in [1.82, 2.24) is 9.72 Å². The van der Waals surface area contributed by atoms with E-state index in [1.807, 2.05) is 0 Å². The number of hydrogen-bond acceptors (Lipinski definition) is 7. The molecule has 0 radical (unpaired) electrons. The van der Waals surface area contributed by atoms with Gasteiger partial charge in [-0.25, -0.2) is 17.1 Å². The first-order chi connectivity index (χ1) is 18.7. The minimum Gasteiger partial charge on any atom is -0.497 e. The third kappa shape index (κ3) is 5.09. The number of halogens is 2. The molecular weight excluding hydrogens is 593 g/mol. The normalized spacial score (nSPS) is 13.9. The minimum atomic E-state index is -4.47. The molecule has 2 heterocycles. The monoisotopic (exact) mass is 615 g/mol. The maximum Gasteiger partial charge on any atom is 0.268 e. The second-order valence-corrected chi connectivity index (χ2v) is 11.5. The zero-order valence-electron chi connectivity index (χ0n) is 20.9. The number of aromatic nitrogens is 2. The fourth-order valence-electron chi connectivity index (χ4n) is 4.41. The average Bonchev–Trinajstić information content (AvgIpc) is 3.46. The second-order valence-electron chi connectivity index (χ2n) is 8.67. The molecule has 202 valence electrons. The Kier molecular flexibility index (Phi) is 7.32. The average molecular weight is 616 g/mol. The van der Waals surface area contributed by atoms with Crippen LogP contribution in [0.15, 0.2) is 91.4 Å². The summed E-state index contributed by atoms with van der Waals surface area (Å²) in [6.07, 6.45) is 4.08. The van der Waals surface area contributed by atoms with Crippen LogP contribution in [-0.4, -0.2) is 32.4 Å². The highest BCUT2D eigenvalue weighted by Crippen LogP contribution is 2.34. The van der Waals surface area contributed by atoms with Gasteiger partial charge in [-0.05, 0) is 53.2 Å². The smallest absolute Gasteiger partial charge is 0.268 e. The molecule has 9 nitrogen and oxygen atoms in total. The number of methoxy groups -OCH3 is 2. The molecule has 1 aliphatic rings. The molecule has 0 bridgehead atoms. The molecule has 0 N–H and O–H groups in total. The molecule has 2 aromatic carbocycles. The number of anilines is 1. The van der Waals surface area contributed by atoms with Crippen molar-refractivity contribution in [3.8, 4) is 5.75 Å². The van der Waals surface area contributed by atoms with Crippen LogP contribution in [0.3, 0.4) is 0 Å². The van der Waals surface area contributed by atoms with Crippen molar-refractivity contribution in [3.05, 3.63) is 98.9 Å². The van der Waals surface area contributed by atoms with Gasteiger partial charge in [0.05, 0.1) is 32.0 Å². The van der Waals surface area contributed by atoms with Crippen LogP contribution in [0.25, 0.3) is 16.6 Å². The topological polar surface area (TPSA) is 104 Å². The number of benzene rings is 2. The summed E-state index contributed by atoms with van der Waals surface area (Å²) < 4.78 is 62.3. The van der Waals surface area contributed by atoms with Gasteiger partial charge in [-0.3, -0.25) is 9.36 Å². The SMILES string of the molecule is COC1=C(n2c(=O)ccc3cc(S(=O)(=O)N(Cc4ccc(OC)cc4)c4ccon4)c(F)cc32)CCC(Br)=C1. The quantitative estimate of drug-likeness (QED) is 0.261. The molecule has 0 saturated carbocycles. The van der Waals surface area contributed by atoms with Gasteiger partial charge in [-0.1, -0.05) is 33.2 Å². The Morgan fingerprint density at radius 2 is 1.85 bits per heavy atom. The second kappa shape index (κ2) is 10.7. The lowest BCUT2D eigenvalue weighted by Gasteiger charge is -2.23. The first kappa shape index (κ1) is 26.7. The molecule has 5 rings (SSSR count). The number of rotatable bonds is 8. The van der Waals surface area contributed by atoms with Gasteiger partial charge in [0.15, 0.2) is 5.82 Å². The zero-order chi connectivity index (χ0) is 27.7. The van der Waals surface area contributed by atoms with Crippen LogP contribution in [0.2, 0.25) is 0 Å². The molecule has 1 aliphatic carbocycles. The van der Waals surface area contributed by atoms with E-state index in [1.165, 1.54) is 49.3 Å². The van der Waals surface area contributed by atoms with E-state index in [2.05, 4.69) is 21.1 Å². The van der Waals surface area contributed by atoms with Gasteiger partial charge in [-0.2, -0.15) is 0 Å². The summed E-state index contributed by atoms with van der Waals surface area (Å²) >= 11 is 3.45. The molecule has 0 saturated heterocycles. The van der Waals surface area contributed by atoms with Crippen LogP contribution in [0, 0.1) is 5.82 Å². The number of pyridine rings is 1. The Balaban J connectivity index is 1.64. The van der Waals surface area contributed by atoms with Crippen LogP contribution in [0.4, 0.5) is 10.2 Å². The number of ether oxygens (including phenoxy) is 2. The molecule has 0 fully saturated rings. The van der Waals surface area contributed by atoms with Gasteiger partial charge in [-0.15, -0.1) is 0 Å². The van der Waals surface area contributed by atoms with E-state index in [0.717, 1.165) is 14.9 Å². The summed E-state index contributed by atoms with van der Waals surface area (Å²) in [5, 5.41) is 4.15. The van der Waals surface area contributed by atoms with Gasteiger partial charge in [0, 0.05) is 23.6 Å². The van der Waals surface area contributed by atoms with E-state index in [1.54, 1.807) is 30.3 Å². The molecular formula is C27H23BrFN3O6S. The van der Waals surface area contributed by atoms with Crippen LogP contribution in [0.1, 0.15) is 18.4 Å². The maximum absolute atomic E-state index is 15.7. The number of nitrogens with zero attached hydrogens (tertiary/aromatic N) is 3. The fraction of sp³-hybridized carbons (Fsp3) is 0.185. The summed E-state index contributed by atoms with van der Waals surface area (Å²) in [7, 11) is -1.45. The largest absolute Gasteiger partial charge is 0.497 e. The summed E-state index contributed by atoms with van der Waals surface area (Å²) in [4.78, 5) is 12.4. The first-order valence-electron chi connectivity index (χ1n) is 11.8. The van der Waals surface area contributed by atoms with Crippen LogP contribution in [-0.2, 0) is 21.3 Å². The molecule has 0 aliphatic heterocycles. The van der Waals surface area contributed by atoms with Gasteiger partial charge < -0.3 is 14.0 Å². The van der Waals surface area contributed by atoms with Gasteiger partial charge >= 0.3 is 0 Å². The number of allylic oxidation sites excluding steroid dienone is 3. The first-order valence-corrected chi connectivity index (χ1v) is 14.0. The molecule has 0 unspecified atom stereocenters. The number of sulfonamides is 1. The predicted octanol–water partition coefficient (Wildman–Crippen LogP) is 5.42. The Hall–Kier alpha value is -3.90. The lowest BCUT2D eigenvalue weighted by atomic mass is 10.1. The summed E-state index contributed by atoms with van der Waals surface area (Å²) in [5.74, 6) is 0.0345. The van der Waals surface area contributed by atoms with E-state index < -0.39 is 26.3 Å². The molecule has 12 heteroatoms. The summed E-state index contributed by atoms with van der Waals surface area (Å²) in [6.45, 7) is -0.138. The van der Waals surface area contributed by atoms with Crippen molar-refractivity contribution in [2.45, 2.75) is 24.3 Å². The molecule has 39 heavy (non-hydrogen) atoms. The van der Waals surface area contributed by atoms with Crippen LogP contribution < -0.4 is 14.6 Å². The van der Waals surface area contributed by atoms with Gasteiger partial charge in [0.1, 0.15) is 28.5 Å². The molecule has 4 aromatic rings. The Morgan fingerprint density at radius 3 is 2.51 bits per heavy atom. The van der Waals surface area contributed by atoms with Crippen LogP contribution in [0.5, 0.6) is 5.75 Å². The van der Waals surface area contributed by atoms with Crippen molar-refractivity contribution >= 4 is 48.4 Å². The van der Waals surface area contributed by atoms with Crippen molar-refractivity contribution < 1.29 is 26.8 Å². The highest BCUT2D eigenvalue weighted by molar-refractivity contribution is 9.11. The lowest BCUT2D eigenvalue weighted by molar-refractivity contribution is 0.304. The van der Waals surface area contributed by atoms with Crippen molar-refractivity contribution in [1.29, 1.82) is 0 Å². The molecule has 2 aromatic heterocycles. The highest BCUT2D eigenvalue weighted by Gasteiger charge is 2.31. The standard InChI is InChI=1S/C27H23BrFN3O6S/c1-36-20-7-3-17(4-8-20)16-31(26-11-12-38-30-26)39(34,35)25-13-18-5-10-27(33)32(23(18)15-21(25)29)22-9-6-19(28)14-24(22)37-2/h3-5,7-8,10-15H,6,9,16H2,1-2H3. The summed E-state index contributed by atoms with van der Waals surface area (Å²) in [6, 6.07) is 13.2. The molecule has 0 spiro atoms. The van der Waals surface area contributed by atoms with Crippen molar-refractivity contribution in [3.63, 3.8) is 0 Å². The van der Waals surface area contributed by atoms with E-state index in [4.69, 9.17) is 14.0 Å². The molecule has 0 atom stereocenters. The molecule has 0 amide bonds. The fourth-order valence-corrected chi connectivity index (χ4v) is 6.30. The van der Waals surface area contributed by atoms with Gasteiger partial charge in [0.25, 0.3) is 15.6 Å². The van der Waals surface area contributed by atoms with E-state index in [-0.39, 0.29) is 17.9 Å². The Labute approximate surface area is 231 Å². The highest BCUT2D eigenvalue weighted by atomic mass is 79.9. The summed E-state index contributed by atoms with van der Waals surface area (Å²) in [5.41, 5.74) is 0.998. The van der Waals surface area contributed by atoms with Crippen molar-refractivity contribution in [2.24, 2.45) is 0 Å². The lowest BCUT2D eigenvalue weighted by Crippen LogP contribution is -2.31. The number of hydrogen-bond donors (Lipinski definition) is 0. The van der Waals surface area contributed by atoms with Crippen LogP contribution >= 0.6 is 15.9 Å². The Bertz CT molecular complexity index is 1760.